The van der Waals surface area contributed by atoms with E-state index in [0.717, 1.165) is 22.2 Å². The molecule has 0 amide bonds. The monoisotopic (exact) mass is 278 g/mol. The first kappa shape index (κ1) is 12.1. The van der Waals surface area contributed by atoms with Crippen LogP contribution < -0.4 is 0 Å². The molecule has 1 aliphatic carbocycles. The van der Waals surface area contributed by atoms with Gasteiger partial charge >= 0.3 is 5.97 Å². The van der Waals surface area contributed by atoms with Crippen LogP contribution in [0.4, 0.5) is 0 Å². The summed E-state index contributed by atoms with van der Waals surface area (Å²) in [6.45, 7) is 0. The third-order valence-electron chi connectivity index (χ3n) is 3.97. The second kappa shape index (κ2) is 4.45. The van der Waals surface area contributed by atoms with Crippen LogP contribution in [0.5, 0.6) is 0 Å². The summed E-state index contributed by atoms with van der Waals surface area (Å²) in [4.78, 5) is 15.5. The van der Waals surface area contributed by atoms with Crippen molar-refractivity contribution in [2.75, 3.05) is 0 Å². The molecule has 1 aromatic heterocycles. The summed E-state index contributed by atoms with van der Waals surface area (Å²) in [6.07, 6.45) is 6.42. The molecule has 1 heterocycles. The average molecular weight is 278 g/mol. The minimum atomic E-state index is -0.898. The van der Waals surface area contributed by atoms with E-state index in [0.29, 0.717) is 11.5 Å². The standard InChI is InChI=1S/C17H14N2O2/c20-17(21)14-4-3-13-8-15(6-5-12(13)7-14)19-9-16(18-10-19)11-1-2-11/h3-11H,1-2H2,(H,20,21). The fraction of sp³-hybridized carbons (Fsp3) is 0.176. The summed E-state index contributed by atoms with van der Waals surface area (Å²) >= 11 is 0. The second-order valence-electron chi connectivity index (χ2n) is 5.53. The summed E-state index contributed by atoms with van der Waals surface area (Å²) in [6, 6.07) is 11.2. The maximum atomic E-state index is 11.0. The van der Waals surface area contributed by atoms with Crippen molar-refractivity contribution in [2.45, 2.75) is 18.8 Å². The van der Waals surface area contributed by atoms with Crippen LogP contribution in [0.15, 0.2) is 48.9 Å². The van der Waals surface area contributed by atoms with E-state index < -0.39 is 5.97 Å². The van der Waals surface area contributed by atoms with Crippen LogP contribution in [0.2, 0.25) is 0 Å². The molecule has 0 spiro atoms. The number of fused-ring (bicyclic) bond motifs is 1. The van der Waals surface area contributed by atoms with Gasteiger partial charge < -0.3 is 9.67 Å². The van der Waals surface area contributed by atoms with E-state index in [9.17, 15) is 4.79 Å². The van der Waals surface area contributed by atoms with Gasteiger partial charge in [0.1, 0.15) is 0 Å². The molecule has 0 saturated heterocycles. The van der Waals surface area contributed by atoms with Crippen molar-refractivity contribution in [3.63, 3.8) is 0 Å². The Morgan fingerprint density at radius 3 is 2.67 bits per heavy atom. The van der Waals surface area contributed by atoms with Crippen LogP contribution in [0, 0.1) is 0 Å². The number of carbonyl (C=O) groups is 1. The number of imidazole rings is 1. The van der Waals surface area contributed by atoms with Gasteiger partial charge in [0.2, 0.25) is 0 Å². The molecule has 3 aromatic rings. The smallest absolute Gasteiger partial charge is 0.335 e. The highest BCUT2D eigenvalue weighted by molar-refractivity contribution is 5.94. The predicted octanol–water partition coefficient (Wildman–Crippen LogP) is 3.60. The van der Waals surface area contributed by atoms with E-state index in [1.54, 1.807) is 12.1 Å². The SMILES string of the molecule is O=C(O)c1ccc2cc(-n3cnc(C4CC4)c3)ccc2c1. The third-order valence-corrected chi connectivity index (χ3v) is 3.97. The number of aromatic carboxylic acids is 1. The molecule has 1 fully saturated rings. The van der Waals surface area contributed by atoms with Crippen molar-refractivity contribution in [2.24, 2.45) is 0 Å². The molecule has 1 aliphatic rings. The molecule has 0 aliphatic heterocycles. The van der Waals surface area contributed by atoms with E-state index in [4.69, 9.17) is 5.11 Å². The van der Waals surface area contributed by atoms with Crippen LogP contribution in [0.3, 0.4) is 0 Å². The first-order valence-electron chi connectivity index (χ1n) is 7.02. The van der Waals surface area contributed by atoms with E-state index in [1.165, 1.54) is 12.8 Å². The van der Waals surface area contributed by atoms with Gasteiger partial charge in [0.25, 0.3) is 0 Å². The molecule has 4 rings (SSSR count). The second-order valence-corrected chi connectivity index (χ2v) is 5.53. The third kappa shape index (κ3) is 2.18. The quantitative estimate of drug-likeness (QED) is 0.796. The molecule has 0 atom stereocenters. The van der Waals surface area contributed by atoms with Crippen LogP contribution >= 0.6 is 0 Å². The summed E-state index contributed by atoms with van der Waals surface area (Å²) in [5.41, 5.74) is 2.52. The van der Waals surface area contributed by atoms with Crippen LogP contribution in [-0.4, -0.2) is 20.6 Å². The highest BCUT2D eigenvalue weighted by atomic mass is 16.4. The summed E-state index contributed by atoms with van der Waals surface area (Å²) in [5.74, 6) is -0.255. The van der Waals surface area contributed by atoms with E-state index in [2.05, 4.69) is 17.2 Å². The molecule has 1 saturated carbocycles. The van der Waals surface area contributed by atoms with Crippen molar-refractivity contribution in [1.82, 2.24) is 9.55 Å². The lowest BCUT2D eigenvalue weighted by atomic mass is 10.1. The lowest BCUT2D eigenvalue weighted by Crippen LogP contribution is -1.95. The molecule has 0 bridgehead atoms. The Bertz CT molecular complexity index is 847. The van der Waals surface area contributed by atoms with E-state index >= 15 is 0 Å². The minimum Gasteiger partial charge on any atom is -0.478 e. The number of aromatic nitrogens is 2. The molecule has 4 nitrogen and oxygen atoms in total. The molecule has 0 unspecified atom stereocenters. The number of hydrogen-bond donors (Lipinski definition) is 1. The Morgan fingerprint density at radius 2 is 1.90 bits per heavy atom. The number of benzene rings is 2. The zero-order valence-electron chi connectivity index (χ0n) is 11.4. The molecule has 1 N–H and O–H groups in total. The fourth-order valence-electron chi connectivity index (χ4n) is 2.60. The average Bonchev–Trinajstić information content (AvgIpc) is 3.23. The number of carboxylic acid groups (broad SMARTS) is 1. The zero-order valence-corrected chi connectivity index (χ0v) is 11.4. The van der Waals surface area contributed by atoms with Crippen molar-refractivity contribution >= 4 is 16.7 Å². The van der Waals surface area contributed by atoms with Gasteiger partial charge in [-0.25, -0.2) is 9.78 Å². The largest absolute Gasteiger partial charge is 0.478 e. The minimum absolute atomic E-state index is 0.314. The highest BCUT2D eigenvalue weighted by Crippen LogP contribution is 2.39. The molecular weight excluding hydrogens is 264 g/mol. The summed E-state index contributed by atoms with van der Waals surface area (Å²) in [5, 5.41) is 11.0. The van der Waals surface area contributed by atoms with Gasteiger partial charge in [-0.1, -0.05) is 12.1 Å². The number of carboxylic acids is 1. The Balaban J connectivity index is 1.75. The topological polar surface area (TPSA) is 55.1 Å². The number of nitrogens with zero attached hydrogens (tertiary/aromatic N) is 2. The molecule has 4 heteroatoms. The van der Waals surface area contributed by atoms with Crippen molar-refractivity contribution in [3.8, 4) is 5.69 Å². The molecule has 21 heavy (non-hydrogen) atoms. The molecule has 2 aromatic carbocycles. The summed E-state index contributed by atoms with van der Waals surface area (Å²) < 4.78 is 2.03. The van der Waals surface area contributed by atoms with Gasteiger partial charge in [0, 0.05) is 17.8 Å². The van der Waals surface area contributed by atoms with E-state index in [-0.39, 0.29) is 0 Å². The van der Waals surface area contributed by atoms with Crippen molar-refractivity contribution in [3.05, 3.63) is 60.2 Å². The predicted molar refractivity (Wildman–Crippen MR) is 80.0 cm³/mol. The Hall–Kier alpha value is -2.62. The van der Waals surface area contributed by atoms with Gasteiger partial charge in [-0.2, -0.15) is 0 Å². The normalized spacial score (nSPS) is 14.5. The maximum Gasteiger partial charge on any atom is 0.335 e. The summed E-state index contributed by atoms with van der Waals surface area (Å²) in [7, 11) is 0. The van der Waals surface area contributed by atoms with E-state index in [1.807, 2.05) is 29.1 Å². The van der Waals surface area contributed by atoms with Gasteiger partial charge in [-0.05, 0) is 47.9 Å². The van der Waals surface area contributed by atoms with Crippen LogP contribution in [0.25, 0.3) is 16.5 Å². The lowest BCUT2D eigenvalue weighted by Gasteiger charge is -2.05. The Morgan fingerprint density at radius 1 is 1.14 bits per heavy atom. The van der Waals surface area contributed by atoms with Crippen LogP contribution in [-0.2, 0) is 0 Å². The Labute approximate surface area is 121 Å². The van der Waals surface area contributed by atoms with Gasteiger partial charge in [0.05, 0.1) is 17.6 Å². The fourth-order valence-corrected chi connectivity index (χ4v) is 2.60. The van der Waals surface area contributed by atoms with Gasteiger partial charge in [0.15, 0.2) is 0 Å². The number of hydrogen-bond acceptors (Lipinski definition) is 2. The number of rotatable bonds is 3. The van der Waals surface area contributed by atoms with Gasteiger partial charge in [-0.3, -0.25) is 0 Å². The lowest BCUT2D eigenvalue weighted by molar-refractivity contribution is 0.0697. The van der Waals surface area contributed by atoms with Crippen LogP contribution in [0.1, 0.15) is 34.8 Å². The maximum absolute atomic E-state index is 11.0. The molecular formula is C17H14N2O2. The zero-order chi connectivity index (χ0) is 14.4. The highest BCUT2D eigenvalue weighted by Gasteiger charge is 2.25. The molecule has 104 valence electrons. The Kier molecular flexibility index (Phi) is 2.57. The van der Waals surface area contributed by atoms with Crippen molar-refractivity contribution in [1.29, 1.82) is 0 Å². The van der Waals surface area contributed by atoms with Crippen molar-refractivity contribution < 1.29 is 9.90 Å². The molecule has 0 radical (unpaired) electrons. The first-order valence-corrected chi connectivity index (χ1v) is 7.02. The van der Waals surface area contributed by atoms with Gasteiger partial charge in [-0.15, -0.1) is 0 Å². The first-order chi connectivity index (χ1) is 10.2.